The van der Waals surface area contributed by atoms with Crippen LogP contribution >= 0.6 is 25.2 Å². The van der Waals surface area contributed by atoms with Gasteiger partial charge in [-0.3, -0.25) is 0 Å². The molecule has 0 bridgehead atoms. The first-order chi connectivity index (χ1) is 8.13. The van der Waals surface area contributed by atoms with Gasteiger partial charge in [-0.05, 0) is 52.9 Å². The van der Waals surface area contributed by atoms with Crippen LogP contribution in [0.1, 0.15) is 31.2 Å². The highest BCUT2D eigenvalue weighted by Crippen LogP contribution is 2.33. The number of nitrogens with two attached hydrogens (primary N) is 1. The monoisotopic (exact) mass is 315 g/mol. The van der Waals surface area contributed by atoms with Crippen LogP contribution in [0.5, 0.6) is 5.75 Å². The van der Waals surface area contributed by atoms with Crippen molar-refractivity contribution in [2.75, 3.05) is 6.35 Å². The molecular weight excluding hydrogens is 297 g/mol. The zero-order valence-corrected chi connectivity index (χ0v) is 12.7. The van der Waals surface area contributed by atoms with Crippen molar-refractivity contribution < 1.29 is 4.74 Å². The lowest BCUT2D eigenvalue weighted by molar-refractivity contribution is 0.389. The van der Waals surface area contributed by atoms with E-state index in [-0.39, 0.29) is 5.54 Å². The summed E-state index contributed by atoms with van der Waals surface area (Å²) in [5.41, 5.74) is 7.69. The molecule has 1 saturated carbocycles. The van der Waals surface area contributed by atoms with Gasteiger partial charge in [-0.1, -0.05) is 28.1 Å². The van der Waals surface area contributed by atoms with Crippen molar-refractivity contribution in [1.82, 2.24) is 0 Å². The molecule has 1 aromatic carbocycles. The zero-order chi connectivity index (χ0) is 12.3. The van der Waals surface area contributed by atoms with Crippen LogP contribution in [0.15, 0.2) is 22.7 Å². The molecule has 0 aromatic heterocycles. The average Bonchev–Trinajstić information content (AvgIpc) is 2.69. The third-order valence-corrected chi connectivity index (χ3v) is 4.18. The molecule has 17 heavy (non-hydrogen) atoms. The third-order valence-electron chi connectivity index (χ3n) is 3.39. The van der Waals surface area contributed by atoms with Crippen LogP contribution in [0.4, 0.5) is 0 Å². The molecule has 0 aliphatic heterocycles. The van der Waals surface area contributed by atoms with Crippen molar-refractivity contribution in [2.45, 2.75) is 37.6 Å². The standard InChI is InChI=1S/C13H19BrNOP/c14-11-7-10(3-4-12(11)16-9-17)8-13(15)5-1-2-6-13/h3-4,7H,1-2,5-6,8-9,15,17H2. The van der Waals surface area contributed by atoms with Gasteiger partial charge in [-0.25, -0.2) is 0 Å². The first-order valence-electron chi connectivity index (χ1n) is 6.03. The van der Waals surface area contributed by atoms with Crippen LogP contribution in [-0.2, 0) is 6.42 Å². The lowest BCUT2D eigenvalue weighted by Gasteiger charge is -2.23. The number of ether oxygens (including phenoxy) is 1. The van der Waals surface area contributed by atoms with E-state index < -0.39 is 0 Å². The number of hydrogen-bond donors (Lipinski definition) is 1. The van der Waals surface area contributed by atoms with Gasteiger partial charge in [0.25, 0.3) is 0 Å². The van der Waals surface area contributed by atoms with Crippen LogP contribution in [0.25, 0.3) is 0 Å². The van der Waals surface area contributed by atoms with E-state index in [1.54, 1.807) is 0 Å². The largest absolute Gasteiger partial charge is 0.489 e. The molecule has 1 aromatic rings. The van der Waals surface area contributed by atoms with Crippen LogP contribution in [0.2, 0.25) is 0 Å². The Labute approximate surface area is 114 Å². The van der Waals surface area contributed by atoms with E-state index in [2.05, 4.69) is 37.3 Å². The molecule has 94 valence electrons. The van der Waals surface area contributed by atoms with Gasteiger partial charge < -0.3 is 10.5 Å². The highest BCUT2D eigenvalue weighted by molar-refractivity contribution is 9.10. The van der Waals surface area contributed by atoms with Crippen molar-refractivity contribution in [1.29, 1.82) is 0 Å². The minimum atomic E-state index is 0.0163. The maximum Gasteiger partial charge on any atom is 0.133 e. The second-order valence-corrected chi connectivity index (χ2v) is 6.01. The Morgan fingerprint density at radius 3 is 2.65 bits per heavy atom. The van der Waals surface area contributed by atoms with Gasteiger partial charge in [0.1, 0.15) is 12.1 Å². The minimum absolute atomic E-state index is 0.0163. The Morgan fingerprint density at radius 1 is 1.35 bits per heavy atom. The fourth-order valence-electron chi connectivity index (χ4n) is 2.52. The lowest BCUT2D eigenvalue weighted by atomic mass is 9.90. The molecule has 0 saturated heterocycles. The Balaban J connectivity index is 2.09. The lowest BCUT2D eigenvalue weighted by Crippen LogP contribution is -2.38. The first-order valence-corrected chi connectivity index (χ1v) is 7.64. The van der Waals surface area contributed by atoms with Crippen LogP contribution in [-0.4, -0.2) is 11.9 Å². The molecule has 0 spiro atoms. The Bertz CT molecular complexity index is 391. The van der Waals surface area contributed by atoms with E-state index in [9.17, 15) is 0 Å². The molecule has 1 unspecified atom stereocenters. The number of hydrogen-bond acceptors (Lipinski definition) is 2. The smallest absolute Gasteiger partial charge is 0.133 e. The summed E-state index contributed by atoms with van der Waals surface area (Å²) in [6.45, 7) is 0. The highest BCUT2D eigenvalue weighted by atomic mass is 79.9. The summed E-state index contributed by atoms with van der Waals surface area (Å²) in [6.07, 6.45) is 6.41. The predicted molar refractivity (Wildman–Crippen MR) is 78.4 cm³/mol. The summed E-state index contributed by atoms with van der Waals surface area (Å²) in [7, 11) is 2.55. The van der Waals surface area contributed by atoms with Crippen LogP contribution in [0, 0.1) is 0 Å². The number of benzene rings is 1. The number of rotatable bonds is 4. The molecule has 1 aliphatic rings. The molecule has 0 heterocycles. The van der Waals surface area contributed by atoms with Crippen molar-refractivity contribution in [3.63, 3.8) is 0 Å². The quantitative estimate of drug-likeness (QED) is 0.863. The topological polar surface area (TPSA) is 35.2 Å². The van der Waals surface area contributed by atoms with Crippen LogP contribution in [0.3, 0.4) is 0 Å². The molecule has 2 rings (SSSR count). The van der Waals surface area contributed by atoms with Gasteiger partial charge >= 0.3 is 0 Å². The van der Waals surface area contributed by atoms with Crippen molar-refractivity contribution >= 4 is 25.2 Å². The fourth-order valence-corrected chi connectivity index (χ4v) is 3.24. The van der Waals surface area contributed by atoms with Crippen molar-refractivity contribution in [2.24, 2.45) is 5.73 Å². The summed E-state index contributed by atoms with van der Waals surface area (Å²) in [5, 5.41) is 0. The van der Waals surface area contributed by atoms with Gasteiger partial charge in [0, 0.05) is 5.54 Å². The SMILES string of the molecule is NC1(Cc2ccc(OCP)c(Br)c2)CCCC1. The van der Waals surface area contributed by atoms with E-state index in [1.807, 2.05) is 6.07 Å². The van der Waals surface area contributed by atoms with Crippen molar-refractivity contribution in [3.05, 3.63) is 28.2 Å². The molecule has 4 heteroatoms. The highest BCUT2D eigenvalue weighted by Gasteiger charge is 2.29. The molecule has 1 aliphatic carbocycles. The van der Waals surface area contributed by atoms with Crippen LogP contribution < -0.4 is 10.5 Å². The summed E-state index contributed by atoms with van der Waals surface area (Å²) < 4.78 is 6.48. The van der Waals surface area contributed by atoms with E-state index in [0.717, 1.165) is 29.5 Å². The maximum atomic E-state index is 6.39. The molecule has 1 atom stereocenters. The molecule has 2 N–H and O–H groups in total. The molecule has 2 nitrogen and oxygen atoms in total. The molecular formula is C13H19BrNOP. The molecule has 1 fully saturated rings. The van der Waals surface area contributed by atoms with E-state index in [1.165, 1.54) is 18.4 Å². The van der Waals surface area contributed by atoms with E-state index in [0.29, 0.717) is 6.35 Å². The second kappa shape index (κ2) is 5.69. The average molecular weight is 316 g/mol. The molecule has 0 amide bonds. The first kappa shape index (κ1) is 13.3. The van der Waals surface area contributed by atoms with E-state index in [4.69, 9.17) is 10.5 Å². The van der Waals surface area contributed by atoms with E-state index >= 15 is 0 Å². The number of halogens is 1. The summed E-state index contributed by atoms with van der Waals surface area (Å²) in [5.74, 6) is 0.890. The van der Waals surface area contributed by atoms with Gasteiger partial charge in [-0.2, -0.15) is 0 Å². The summed E-state index contributed by atoms with van der Waals surface area (Å²) >= 11 is 3.54. The van der Waals surface area contributed by atoms with Crippen molar-refractivity contribution in [3.8, 4) is 5.75 Å². The van der Waals surface area contributed by atoms with Gasteiger partial charge in [0.2, 0.25) is 0 Å². The summed E-state index contributed by atoms with van der Waals surface area (Å²) in [6, 6.07) is 6.26. The minimum Gasteiger partial charge on any atom is -0.489 e. The maximum absolute atomic E-state index is 6.39. The molecule has 0 radical (unpaired) electrons. The Morgan fingerprint density at radius 2 is 2.06 bits per heavy atom. The fraction of sp³-hybridized carbons (Fsp3) is 0.538. The van der Waals surface area contributed by atoms with Gasteiger partial charge in [-0.15, -0.1) is 0 Å². The predicted octanol–water partition coefficient (Wildman–Crippen LogP) is 3.47. The van der Waals surface area contributed by atoms with Gasteiger partial charge in [0.15, 0.2) is 0 Å². The third kappa shape index (κ3) is 3.43. The second-order valence-electron chi connectivity index (χ2n) is 4.82. The zero-order valence-electron chi connectivity index (χ0n) is 9.92. The Kier molecular flexibility index (Phi) is 4.46. The normalized spacial score (nSPS) is 18.3. The van der Waals surface area contributed by atoms with Gasteiger partial charge in [0.05, 0.1) is 4.47 Å². The summed E-state index contributed by atoms with van der Waals surface area (Å²) in [4.78, 5) is 0. The Hall–Kier alpha value is -0.110.